The summed E-state index contributed by atoms with van der Waals surface area (Å²) in [6.07, 6.45) is -9.02. The minimum absolute atomic E-state index is 0.0403. The molecule has 152 valence electrons. The lowest BCUT2D eigenvalue weighted by Crippen LogP contribution is -2.15. The van der Waals surface area contributed by atoms with Gasteiger partial charge in [0.25, 0.3) is 0 Å². The van der Waals surface area contributed by atoms with Crippen molar-refractivity contribution >= 4 is 11.5 Å². The van der Waals surface area contributed by atoms with Gasteiger partial charge in [0.05, 0.1) is 5.69 Å². The van der Waals surface area contributed by atoms with Crippen LogP contribution in [0.15, 0.2) is 42.3 Å². The van der Waals surface area contributed by atoms with Crippen LogP contribution in [0.5, 0.6) is 0 Å². The highest BCUT2D eigenvalue weighted by Gasteiger charge is 2.42. The van der Waals surface area contributed by atoms with Crippen LogP contribution in [0.25, 0.3) is 5.69 Å². The lowest BCUT2D eigenvalue weighted by molar-refractivity contribution is -0.143. The molecule has 0 spiro atoms. The van der Waals surface area contributed by atoms with Crippen LogP contribution in [0.2, 0.25) is 0 Å². The van der Waals surface area contributed by atoms with E-state index in [0.29, 0.717) is 0 Å². The molecule has 0 atom stereocenters. The van der Waals surface area contributed by atoms with E-state index in [1.807, 2.05) is 0 Å². The first-order chi connectivity index (χ1) is 12.8. The van der Waals surface area contributed by atoms with E-state index in [2.05, 4.69) is 5.10 Å². The second-order valence-electron chi connectivity index (χ2n) is 5.74. The topological polar surface area (TPSA) is 58.4 Å². The molecule has 0 bridgehead atoms. The van der Waals surface area contributed by atoms with Crippen LogP contribution in [0, 0.1) is 0 Å². The van der Waals surface area contributed by atoms with Gasteiger partial charge in [-0.1, -0.05) is 13.0 Å². The number of aliphatic hydroxyl groups is 1. The normalized spacial score (nSPS) is 12.9. The molecule has 1 aromatic carbocycles. The fourth-order valence-corrected chi connectivity index (χ4v) is 2.27. The molecule has 0 saturated heterocycles. The van der Waals surface area contributed by atoms with Crippen LogP contribution in [0.1, 0.15) is 24.7 Å². The quantitative estimate of drug-likeness (QED) is 0.443. The van der Waals surface area contributed by atoms with E-state index in [1.165, 1.54) is 31.0 Å². The smallest absolute Gasteiger partial charge is 0.435 e. The van der Waals surface area contributed by atoms with Gasteiger partial charge in [0.2, 0.25) is 0 Å². The fraction of sp³-hybridized carbons (Fsp3) is 0.294. The van der Waals surface area contributed by atoms with Crippen molar-refractivity contribution in [2.24, 2.45) is 0 Å². The van der Waals surface area contributed by atoms with Crippen molar-refractivity contribution in [3.63, 3.8) is 0 Å². The van der Waals surface area contributed by atoms with Gasteiger partial charge >= 0.3 is 12.4 Å². The number of allylic oxidation sites excluding steroid dienone is 1. The van der Waals surface area contributed by atoms with Crippen LogP contribution < -0.4 is 4.90 Å². The maximum absolute atomic E-state index is 13.2. The number of nitrogens with zero attached hydrogens (tertiary/aromatic N) is 3. The van der Waals surface area contributed by atoms with Crippen LogP contribution in [-0.4, -0.2) is 27.7 Å². The number of hydrogen-bond donors (Lipinski definition) is 1. The number of carbonyl (C=O) groups excluding carboxylic acids is 1. The predicted octanol–water partition coefficient (Wildman–Crippen LogP) is 4.72. The number of alkyl halides is 6. The highest BCUT2D eigenvalue weighted by Crippen LogP contribution is 2.36. The summed E-state index contributed by atoms with van der Waals surface area (Å²) in [7, 11) is 1.41. The number of ketones is 1. The molecule has 2 aromatic rings. The third-order valence-corrected chi connectivity index (χ3v) is 3.69. The molecule has 2 rings (SSSR count). The summed E-state index contributed by atoms with van der Waals surface area (Å²) in [4.78, 5) is 12.7. The summed E-state index contributed by atoms with van der Waals surface area (Å²) in [5.41, 5.74) is -3.32. The predicted molar refractivity (Wildman–Crippen MR) is 88.0 cm³/mol. The molecule has 28 heavy (non-hydrogen) atoms. The van der Waals surface area contributed by atoms with Gasteiger partial charge in [-0.2, -0.15) is 31.4 Å². The van der Waals surface area contributed by atoms with Gasteiger partial charge < -0.3 is 10.0 Å². The lowest BCUT2D eigenvalue weighted by atomic mass is 10.2. The first kappa shape index (κ1) is 21.3. The molecule has 5 nitrogen and oxygen atoms in total. The highest BCUT2D eigenvalue weighted by atomic mass is 19.4. The zero-order valence-corrected chi connectivity index (χ0v) is 14.6. The molecule has 0 aliphatic heterocycles. The zero-order valence-electron chi connectivity index (χ0n) is 14.6. The van der Waals surface area contributed by atoms with E-state index >= 15 is 0 Å². The Bertz CT molecular complexity index is 899. The van der Waals surface area contributed by atoms with Gasteiger partial charge in [-0.15, -0.1) is 0 Å². The minimum Gasteiger partial charge on any atom is -0.503 e. The van der Waals surface area contributed by atoms with E-state index in [1.54, 1.807) is 0 Å². The summed E-state index contributed by atoms with van der Waals surface area (Å²) >= 11 is 0. The van der Waals surface area contributed by atoms with Crippen molar-refractivity contribution in [2.45, 2.75) is 25.7 Å². The Morgan fingerprint density at radius 1 is 1.18 bits per heavy atom. The van der Waals surface area contributed by atoms with Crippen molar-refractivity contribution in [2.75, 3.05) is 11.9 Å². The Balaban J connectivity index is 2.52. The number of rotatable bonds is 5. The van der Waals surface area contributed by atoms with Crippen molar-refractivity contribution in [3.8, 4) is 5.69 Å². The summed E-state index contributed by atoms with van der Waals surface area (Å²) in [5, 5.41) is 12.7. The molecule has 0 aliphatic rings. The summed E-state index contributed by atoms with van der Waals surface area (Å²) in [6, 6.07) is 4.97. The molecule has 0 unspecified atom stereocenters. The molecule has 11 heteroatoms. The average Bonchev–Trinajstić information content (AvgIpc) is 3.07. The summed E-state index contributed by atoms with van der Waals surface area (Å²) < 4.78 is 78.2. The van der Waals surface area contributed by atoms with E-state index in [-0.39, 0.29) is 28.5 Å². The number of carbonyl (C=O) groups is 1. The molecular weight excluding hydrogens is 392 g/mol. The first-order valence-corrected chi connectivity index (χ1v) is 7.86. The maximum Gasteiger partial charge on any atom is 0.435 e. The number of aliphatic hydroxyl groups excluding tert-OH is 1. The molecule has 0 radical (unpaired) electrons. The number of hydrogen-bond acceptors (Lipinski definition) is 4. The number of halogens is 6. The van der Waals surface area contributed by atoms with E-state index in [4.69, 9.17) is 0 Å². The molecule has 0 amide bonds. The second kappa shape index (κ2) is 7.56. The number of Topliss-reactive ketones (excluding diaryl/α,β-unsaturated/α-hetero) is 1. The standard InChI is InChI=1S/C17H15F6N3O2/c1-3-12(27)13(28)9-25(2)10-5-4-6-11(7-10)26-15(17(21,22)23)8-14(24-26)16(18,19)20/h4-9,28H,3H2,1-2H3/b13-9+. The van der Waals surface area contributed by atoms with Gasteiger partial charge in [-0.25, -0.2) is 4.68 Å². The molecule has 0 fully saturated rings. The fourth-order valence-electron chi connectivity index (χ4n) is 2.27. The first-order valence-electron chi connectivity index (χ1n) is 7.86. The molecule has 1 N–H and O–H groups in total. The van der Waals surface area contributed by atoms with E-state index in [9.17, 15) is 36.2 Å². The third-order valence-electron chi connectivity index (χ3n) is 3.69. The van der Waals surface area contributed by atoms with Crippen LogP contribution in [0.4, 0.5) is 32.0 Å². The van der Waals surface area contributed by atoms with Gasteiger partial charge in [0, 0.05) is 31.4 Å². The largest absolute Gasteiger partial charge is 0.503 e. The second-order valence-corrected chi connectivity index (χ2v) is 5.74. The monoisotopic (exact) mass is 407 g/mol. The Kier molecular flexibility index (Phi) is 5.76. The summed E-state index contributed by atoms with van der Waals surface area (Å²) in [6.45, 7) is 1.53. The minimum atomic E-state index is -5.07. The van der Waals surface area contributed by atoms with E-state index < -0.39 is 35.3 Å². The maximum atomic E-state index is 13.2. The molecule has 0 saturated carbocycles. The Morgan fingerprint density at radius 3 is 2.36 bits per heavy atom. The summed E-state index contributed by atoms with van der Waals surface area (Å²) in [5.74, 6) is -1.12. The number of aromatic nitrogens is 2. The van der Waals surface area contributed by atoms with Crippen molar-refractivity contribution in [1.82, 2.24) is 9.78 Å². The van der Waals surface area contributed by atoms with Crippen molar-refractivity contribution in [1.29, 1.82) is 0 Å². The van der Waals surface area contributed by atoms with Crippen LogP contribution in [0.3, 0.4) is 0 Å². The van der Waals surface area contributed by atoms with Crippen molar-refractivity contribution < 1.29 is 36.2 Å². The molecular formula is C17H15F6N3O2. The van der Waals surface area contributed by atoms with Crippen LogP contribution >= 0.6 is 0 Å². The lowest BCUT2D eigenvalue weighted by Gasteiger charge is -2.17. The Hall–Kier alpha value is -2.98. The van der Waals surface area contributed by atoms with Gasteiger partial charge in [-0.05, 0) is 18.2 Å². The van der Waals surface area contributed by atoms with Gasteiger partial charge in [0.1, 0.15) is 5.69 Å². The molecule has 1 aromatic heterocycles. The Morgan fingerprint density at radius 2 is 1.82 bits per heavy atom. The number of anilines is 1. The van der Waals surface area contributed by atoms with E-state index in [0.717, 1.165) is 18.3 Å². The zero-order chi connectivity index (χ0) is 21.3. The van der Waals surface area contributed by atoms with Gasteiger partial charge in [0.15, 0.2) is 17.2 Å². The molecule has 0 aliphatic carbocycles. The third kappa shape index (κ3) is 4.65. The average molecular weight is 407 g/mol. The van der Waals surface area contributed by atoms with Gasteiger partial charge in [-0.3, -0.25) is 4.79 Å². The SMILES string of the molecule is CCC(=O)/C(O)=C\N(C)c1cccc(-n2nc(C(F)(F)F)cc2C(F)(F)F)c1. The number of benzene rings is 1. The van der Waals surface area contributed by atoms with Crippen LogP contribution in [-0.2, 0) is 17.1 Å². The molecule has 1 heterocycles. The Labute approximate surface area is 155 Å². The highest BCUT2D eigenvalue weighted by molar-refractivity contribution is 5.93. The van der Waals surface area contributed by atoms with Crippen molar-refractivity contribution in [3.05, 3.63) is 53.7 Å².